The van der Waals surface area contributed by atoms with Crippen molar-refractivity contribution in [3.05, 3.63) is 40.5 Å². The minimum Gasteiger partial charge on any atom is -0.340 e. The molecule has 0 spiro atoms. The molecule has 1 heterocycles. The van der Waals surface area contributed by atoms with Gasteiger partial charge in [-0.25, -0.2) is 9.37 Å². The second-order valence-corrected chi connectivity index (χ2v) is 5.35. The van der Waals surface area contributed by atoms with Crippen molar-refractivity contribution in [3.8, 4) is 11.3 Å². The Morgan fingerprint density at radius 3 is 2.65 bits per heavy atom. The van der Waals surface area contributed by atoms with Gasteiger partial charge in [0.15, 0.2) is 0 Å². The number of aromatic nitrogens is 2. The molecule has 3 N–H and O–H groups in total. The van der Waals surface area contributed by atoms with E-state index in [0.717, 1.165) is 11.3 Å². The predicted octanol–water partition coefficient (Wildman–Crippen LogP) is 3.17. The molecule has 0 bridgehead atoms. The molecule has 0 amide bonds. The second-order valence-electron chi connectivity index (χ2n) is 4.49. The summed E-state index contributed by atoms with van der Waals surface area (Å²) in [6.07, 6.45) is 1.70. The molecule has 3 nitrogen and oxygen atoms in total. The zero-order valence-corrected chi connectivity index (χ0v) is 11.2. The van der Waals surface area contributed by atoms with Crippen LogP contribution >= 0.6 is 15.9 Å². The van der Waals surface area contributed by atoms with Crippen molar-refractivity contribution in [2.45, 2.75) is 19.4 Å². The number of H-pyrrole nitrogens is 1. The zero-order chi connectivity index (χ0) is 12.6. The number of aromatic amines is 1. The Hall–Kier alpha value is -1.20. The van der Waals surface area contributed by atoms with Crippen molar-refractivity contribution in [1.29, 1.82) is 0 Å². The van der Waals surface area contributed by atoms with E-state index in [1.807, 2.05) is 13.8 Å². The first kappa shape index (κ1) is 12.3. The quantitative estimate of drug-likeness (QED) is 0.894. The highest BCUT2D eigenvalue weighted by Crippen LogP contribution is 2.28. The number of nitrogens with one attached hydrogen (secondary N) is 1. The number of rotatable bonds is 2. The molecule has 0 unspecified atom stereocenters. The lowest BCUT2D eigenvalue weighted by Crippen LogP contribution is -2.30. The van der Waals surface area contributed by atoms with Gasteiger partial charge >= 0.3 is 0 Å². The van der Waals surface area contributed by atoms with E-state index in [4.69, 9.17) is 5.73 Å². The van der Waals surface area contributed by atoms with Gasteiger partial charge in [0.25, 0.3) is 0 Å². The smallest absolute Gasteiger partial charge is 0.126 e. The van der Waals surface area contributed by atoms with Gasteiger partial charge in [-0.1, -0.05) is 0 Å². The summed E-state index contributed by atoms with van der Waals surface area (Å²) < 4.78 is 13.7. The molecule has 0 aliphatic rings. The Labute approximate surface area is 107 Å². The monoisotopic (exact) mass is 297 g/mol. The van der Waals surface area contributed by atoms with E-state index < -0.39 is 5.54 Å². The fraction of sp³-hybridized carbons (Fsp3) is 0.250. The van der Waals surface area contributed by atoms with Crippen LogP contribution in [0.1, 0.15) is 19.7 Å². The molecular weight excluding hydrogens is 285 g/mol. The van der Waals surface area contributed by atoms with E-state index in [1.54, 1.807) is 12.3 Å². The standard InChI is InChI=1S/C12H13BrFN3/c1-12(2,15)11-16-6-10(17-11)8-4-3-7(14)5-9(8)13/h3-6H,15H2,1-2H3,(H,16,17). The lowest BCUT2D eigenvalue weighted by atomic mass is 10.1. The van der Waals surface area contributed by atoms with Crippen LogP contribution in [0.2, 0.25) is 0 Å². The maximum atomic E-state index is 13.0. The highest BCUT2D eigenvalue weighted by molar-refractivity contribution is 9.10. The Balaban J connectivity index is 2.44. The van der Waals surface area contributed by atoms with E-state index in [1.165, 1.54) is 12.1 Å². The summed E-state index contributed by atoms with van der Waals surface area (Å²) >= 11 is 3.32. The summed E-state index contributed by atoms with van der Waals surface area (Å²) in [6, 6.07) is 4.53. The van der Waals surface area contributed by atoms with E-state index in [9.17, 15) is 4.39 Å². The first-order valence-electron chi connectivity index (χ1n) is 5.18. The van der Waals surface area contributed by atoms with Gasteiger partial charge in [0.2, 0.25) is 0 Å². The maximum absolute atomic E-state index is 13.0. The van der Waals surface area contributed by atoms with Gasteiger partial charge < -0.3 is 10.7 Å². The van der Waals surface area contributed by atoms with Crippen molar-refractivity contribution < 1.29 is 4.39 Å². The molecule has 90 valence electrons. The van der Waals surface area contributed by atoms with E-state index >= 15 is 0 Å². The van der Waals surface area contributed by atoms with Crippen molar-refractivity contribution in [1.82, 2.24) is 9.97 Å². The van der Waals surface area contributed by atoms with E-state index in [0.29, 0.717) is 10.3 Å². The number of benzene rings is 1. The van der Waals surface area contributed by atoms with Crippen LogP contribution in [0.25, 0.3) is 11.3 Å². The van der Waals surface area contributed by atoms with Crippen molar-refractivity contribution >= 4 is 15.9 Å². The lowest BCUT2D eigenvalue weighted by molar-refractivity contribution is 0.520. The van der Waals surface area contributed by atoms with Crippen molar-refractivity contribution in [3.63, 3.8) is 0 Å². The second kappa shape index (κ2) is 4.23. The highest BCUT2D eigenvalue weighted by Gasteiger charge is 2.18. The van der Waals surface area contributed by atoms with Gasteiger partial charge in [-0.2, -0.15) is 0 Å². The predicted molar refractivity (Wildman–Crippen MR) is 68.9 cm³/mol. The van der Waals surface area contributed by atoms with Gasteiger partial charge in [0, 0.05) is 10.0 Å². The van der Waals surface area contributed by atoms with Crippen LogP contribution < -0.4 is 5.73 Å². The summed E-state index contributed by atoms with van der Waals surface area (Å²) in [5.41, 5.74) is 7.09. The van der Waals surface area contributed by atoms with Crippen LogP contribution in [0.15, 0.2) is 28.9 Å². The normalized spacial score (nSPS) is 11.8. The van der Waals surface area contributed by atoms with Crippen LogP contribution in [0, 0.1) is 5.82 Å². The molecule has 0 aliphatic heterocycles. The van der Waals surface area contributed by atoms with Gasteiger partial charge in [0.05, 0.1) is 17.4 Å². The molecule has 2 aromatic rings. The largest absolute Gasteiger partial charge is 0.340 e. The first-order valence-corrected chi connectivity index (χ1v) is 5.97. The van der Waals surface area contributed by atoms with Gasteiger partial charge in [-0.3, -0.25) is 0 Å². The fourth-order valence-corrected chi connectivity index (χ4v) is 2.06. The number of nitrogens with zero attached hydrogens (tertiary/aromatic N) is 1. The molecule has 17 heavy (non-hydrogen) atoms. The van der Waals surface area contributed by atoms with Crippen LogP contribution in [0.4, 0.5) is 4.39 Å². The minimum atomic E-state index is -0.523. The minimum absolute atomic E-state index is 0.278. The molecule has 1 aromatic carbocycles. The summed E-state index contributed by atoms with van der Waals surface area (Å²) in [5, 5.41) is 0. The van der Waals surface area contributed by atoms with Crippen molar-refractivity contribution in [2.24, 2.45) is 5.73 Å². The number of halogens is 2. The molecule has 0 aliphatic carbocycles. The average Bonchev–Trinajstić information content (AvgIpc) is 2.65. The highest BCUT2D eigenvalue weighted by atomic mass is 79.9. The lowest BCUT2D eigenvalue weighted by Gasteiger charge is -2.14. The van der Waals surface area contributed by atoms with Gasteiger partial charge in [-0.15, -0.1) is 0 Å². The SMILES string of the molecule is CC(C)(N)c1ncc(-c2ccc(F)cc2Br)[nH]1. The summed E-state index contributed by atoms with van der Waals surface area (Å²) in [5.74, 6) is 0.420. The summed E-state index contributed by atoms with van der Waals surface area (Å²) in [6.45, 7) is 3.74. The molecule has 0 saturated carbocycles. The Bertz CT molecular complexity index is 543. The van der Waals surface area contributed by atoms with E-state index in [2.05, 4.69) is 25.9 Å². The third-order valence-electron chi connectivity index (χ3n) is 2.41. The Morgan fingerprint density at radius 2 is 2.12 bits per heavy atom. The molecule has 0 fully saturated rings. The molecular formula is C12H13BrFN3. The van der Waals surface area contributed by atoms with Gasteiger partial charge in [-0.05, 0) is 48.0 Å². The van der Waals surface area contributed by atoms with Gasteiger partial charge in [0.1, 0.15) is 11.6 Å². The third-order valence-corrected chi connectivity index (χ3v) is 3.06. The molecule has 2 rings (SSSR count). The molecule has 0 saturated heterocycles. The van der Waals surface area contributed by atoms with Crippen LogP contribution in [0.5, 0.6) is 0 Å². The first-order chi connectivity index (χ1) is 7.88. The van der Waals surface area contributed by atoms with E-state index in [-0.39, 0.29) is 5.82 Å². The maximum Gasteiger partial charge on any atom is 0.126 e. The topological polar surface area (TPSA) is 54.7 Å². The molecule has 1 aromatic heterocycles. The van der Waals surface area contributed by atoms with Crippen LogP contribution in [-0.4, -0.2) is 9.97 Å². The fourth-order valence-electron chi connectivity index (χ4n) is 1.49. The van der Waals surface area contributed by atoms with Crippen molar-refractivity contribution in [2.75, 3.05) is 0 Å². The number of nitrogens with two attached hydrogens (primary N) is 1. The third kappa shape index (κ3) is 2.56. The zero-order valence-electron chi connectivity index (χ0n) is 9.59. The van der Waals surface area contributed by atoms with Crippen LogP contribution in [0.3, 0.4) is 0 Å². The molecule has 5 heteroatoms. The number of hydrogen-bond acceptors (Lipinski definition) is 2. The Morgan fingerprint density at radius 1 is 1.41 bits per heavy atom. The summed E-state index contributed by atoms with van der Waals surface area (Å²) in [7, 11) is 0. The number of hydrogen-bond donors (Lipinski definition) is 2. The van der Waals surface area contributed by atoms with Crippen LogP contribution in [-0.2, 0) is 5.54 Å². The summed E-state index contributed by atoms with van der Waals surface area (Å²) in [4.78, 5) is 7.37. The average molecular weight is 298 g/mol. The number of imidazole rings is 1. The Kier molecular flexibility index (Phi) is 3.05. The molecule has 0 radical (unpaired) electrons. The molecule has 0 atom stereocenters.